The zero-order valence-electron chi connectivity index (χ0n) is 25.6. The number of nitrogens with zero attached hydrogens (tertiary/aromatic N) is 4. The van der Waals surface area contributed by atoms with Crippen LogP contribution < -0.4 is 15.6 Å². The van der Waals surface area contributed by atoms with Gasteiger partial charge in [-0.3, -0.25) is 23.2 Å². The van der Waals surface area contributed by atoms with Crippen LogP contribution in [0.1, 0.15) is 61.1 Å². The largest absolute Gasteiger partial charge is 0.476 e. The van der Waals surface area contributed by atoms with Gasteiger partial charge in [0.05, 0.1) is 50.4 Å². The van der Waals surface area contributed by atoms with Gasteiger partial charge in [0.1, 0.15) is 12.3 Å². The number of aliphatic hydroxyl groups excluding tert-OH is 1. The second-order valence-corrected chi connectivity index (χ2v) is 14.0. The van der Waals surface area contributed by atoms with Crippen LogP contribution in [0, 0.1) is 11.3 Å². The van der Waals surface area contributed by atoms with Gasteiger partial charge >= 0.3 is 13.7 Å². The highest BCUT2D eigenvalue weighted by molar-refractivity contribution is 8.13. The molecular formula is C26H43N6O9PS. The van der Waals surface area contributed by atoms with E-state index in [9.17, 15) is 19.3 Å². The Labute approximate surface area is 255 Å². The molecule has 5 atom stereocenters. The Morgan fingerprint density at radius 2 is 2.02 bits per heavy atom. The van der Waals surface area contributed by atoms with E-state index in [4.69, 9.17) is 29.0 Å². The molecule has 0 aliphatic carbocycles. The molecule has 1 saturated heterocycles. The number of nitrogen functional groups attached to an aromatic ring is 1. The minimum Gasteiger partial charge on any atom is -0.476 e. The van der Waals surface area contributed by atoms with Gasteiger partial charge in [-0.15, -0.1) is 0 Å². The Hall–Kier alpha value is -2.33. The average Bonchev–Trinajstić information content (AvgIpc) is 3.52. The highest BCUT2D eigenvalue weighted by atomic mass is 32.2. The molecule has 0 radical (unpaired) electrons. The van der Waals surface area contributed by atoms with Crippen molar-refractivity contribution >= 4 is 47.7 Å². The third-order valence-electron chi connectivity index (χ3n) is 6.43. The van der Waals surface area contributed by atoms with Crippen LogP contribution in [0.4, 0.5) is 5.95 Å². The molecule has 15 nitrogen and oxygen atoms in total. The molecule has 0 amide bonds. The first kappa shape index (κ1) is 35.2. The fraction of sp³-hybridized carbons (Fsp3) is 0.731. The summed E-state index contributed by atoms with van der Waals surface area (Å²) >= 11 is 0.949. The summed E-state index contributed by atoms with van der Waals surface area (Å²) in [4.78, 5) is 37.6. The van der Waals surface area contributed by atoms with Gasteiger partial charge in [-0.25, -0.2) is 14.6 Å². The molecule has 0 bridgehead atoms. The van der Waals surface area contributed by atoms with Gasteiger partial charge in [0.15, 0.2) is 16.3 Å². The van der Waals surface area contributed by atoms with E-state index in [1.54, 1.807) is 38.6 Å². The highest BCUT2D eigenvalue weighted by Gasteiger charge is 2.38. The van der Waals surface area contributed by atoms with Gasteiger partial charge < -0.3 is 25.1 Å². The lowest BCUT2D eigenvalue weighted by atomic mass is 9.97. The number of thioether (sulfide) groups is 1. The normalized spacial score (nSPS) is 21.2. The van der Waals surface area contributed by atoms with E-state index in [0.717, 1.165) is 11.8 Å². The molecule has 2 aromatic rings. The van der Waals surface area contributed by atoms with Gasteiger partial charge in [-0.2, -0.15) is 9.97 Å². The molecule has 3 heterocycles. The fourth-order valence-electron chi connectivity index (χ4n) is 4.16. The zero-order valence-corrected chi connectivity index (χ0v) is 27.4. The van der Waals surface area contributed by atoms with E-state index in [2.05, 4.69) is 20.0 Å². The number of esters is 1. The van der Waals surface area contributed by atoms with Crippen LogP contribution >= 0.6 is 19.5 Å². The highest BCUT2D eigenvalue weighted by Crippen LogP contribution is 2.46. The van der Waals surface area contributed by atoms with Crippen LogP contribution in [-0.4, -0.2) is 86.1 Å². The number of rotatable bonds is 16. The van der Waals surface area contributed by atoms with Crippen LogP contribution in [-0.2, 0) is 32.7 Å². The predicted octanol–water partition coefficient (Wildman–Crippen LogP) is 3.08. The van der Waals surface area contributed by atoms with Crippen molar-refractivity contribution in [2.45, 2.75) is 79.4 Å². The van der Waals surface area contributed by atoms with Gasteiger partial charge in [-0.1, -0.05) is 18.7 Å². The monoisotopic (exact) mass is 646 g/mol. The number of carbonyl (C=O) groups excluding carboxylic acids is 2. The lowest BCUT2D eigenvalue weighted by molar-refractivity contribution is -0.149. The Kier molecular flexibility index (Phi) is 12.3. The smallest absolute Gasteiger partial charge is 0.406 e. The number of imidazole rings is 1. The first-order valence-electron chi connectivity index (χ1n) is 14.1. The Morgan fingerprint density at radius 3 is 2.67 bits per heavy atom. The summed E-state index contributed by atoms with van der Waals surface area (Å²) in [5, 5.41) is 11.8. The lowest BCUT2D eigenvalue weighted by Crippen LogP contribution is -2.36. The van der Waals surface area contributed by atoms with Crippen molar-refractivity contribution < 1.29 is 42.5 Å². The SMILES string of the molecule is CCOc1nc(N)nc2c1ncn2[C@@H]1O[C@H](COP(=O)(NC(C)C(=O)OC(C)C)OCCSC(=O)C(C)(C)CO)C[C@@H]1C. The van der Waals surface area contributed by atoms with Crippen LogP contribution in [0.3, 0.4) is 0 Å². The van der Waals surface area contributed by atoms with Crippen molar-refractivity contribution in [2.75, 3.05) is 37.9 Å². The van der Waals surface area contributed by atoms with Crippen LogP contribution in [0.2, 0.25) is 0 Å². The molecule has 1 fully saturated rings. The molecular weight excluding hydrogens is 603 g/mol. The second kappa shape index (κ2) is 15.1. The molecule has 4 N–H and O–H groups in total. The lowest BCUT2D eigenvalue weighted by Gasteiger charge is -2.24. The van der Waals surface area contributed by atoms with E-state index in [-0.39, 0.29) is 54.5 Å². The Bertz CT molecular complexity index is 1310. The number of ether oxygens (including phenoxy) is 3. The van der Waals surface area contributed by atoms with Gasteiger partial charge in [0.25, 0.3) is 0 Å². The maximum Gasteiger partial charge on any atom is 0.406 e. The maximum absolute atomic E-state index is 13.8. The first-order valence-corrected chi connectivity index (χ1v) is 16.7. The van der Waals surface area contributed by atoms with E-state index >= 15 is 0 Å². The quantitative estimate of drug-likeness (QED) is 0.136. The van der Waals surface area contributed by atoms with Crippen molar-refractivity contribution in [3.8, 4) is 5.88 Å². The Morgan fingerprint density at radius 1 is 1.30 bits per heavy atom. The van der Waals surface area contributed by atoms with Gasteiger partial charge in [-0.05, 0) is 48.0 Å². The summed E-state index contributed by atoms with van der Waals surface area (Å²) in [6, 6.07) is -1.01. The third-order valence-corrected chi connectivity index (χ3v) is 9.33. The number of nitrogens with two attached hydrogens (primary N) is 1. The van der Waals surface area contributed by atoms with Crippen molar-refractivity contribution in [1.29, 1.82) is 0 Å². The standard InChI is InChI=1S/C26H43N6O9PS/c1-8-37-21-19-20(29-25(27)30-21)32(14-28-19)22-16(4)11-18(41-22)12-39-42(36,31-17(5)23(34)40-15(2)3)38-9-10-43-24(35)26(6,7)13-33/h14-18,22,33H,8-13H2,1-7H3,(H,31,36)(H2,27,29,30)/t16-,17?,18-,22+,42?/m0/s1. The molecule has 0 spiro atoms. The number of aliphatic hydroxyl groups is 1. The molecule has 2 unspecified atom stereocenters. The number of hydrogen-bond donors (Lipinski definition) is 3. The van der Waals surface area contributed by atoms with E-state index in [1.807, 2.05) is 13.8 Å². The number of nitrogens with one attached hydrogen (secondary N) is 1. The second-order valence-electron chi connectivity index (χ2n) is 11.1. The fourth-order valence-corrected chi connectivity index (χ4v) is 6.59. The van der Waals surface area contributed by atoms with Crippen molar-refractivity contribution in [3.05, 3.63) is 6.33 Å². The minimum absolute atomic E-state index is 0.0109. The molecule has 0 saturated carbocycles. The molecule has 17 heteroatoms. The molecule has 1 aliphatic rings. The summed E-state index contributed by atoms with van der Waals surface area (Å²) in [5.74, 6) is -0.158. The maximum atomic E-state index is 13.8. The van der Waals surface area contributed by atoms with Gasteiger partial charge in [0, 0.05) is 11.7 Å². The first-order chi connectivity index (χ1) is 20.2. The van der Waals surface area contributed by atoms with E-state index < -0.39 is 37.5 Å². The molecule has 43 heavy (non-hydrogen) atoms. The number of anilines is 1. The molecule has 2 aromatic heterocycles. The van der Waals surface area contributed by atoms with E-state index in [1.165, 1.54) is 6.92 Å². The minimum atomic E-state index is -4.07. The van der Waals surface area contributed by atoms with Crippen molar-refractivity contribution in [1.82, 2.24) is 24.6 Å². The third kappa shape index (κ3) is 9.33. The Balaban J connectivity index is 1.69. The van der Waals surface area contributed by atoms with Crippen LogP contribution in [0.25, 0.3) is 11.2 Å². The average molecular weight is 647 g/mol. The molecule has 3 rings (SSSR count). The van der Waals surface area contributed by atoms with E-state index in [0.29, 0.717) is 24.2 Å². The van der Waals surface area contributed by atoms with Crippen LogP contribution in [0.5, 0.6) is 5.88 Å². The molecule has 1 aliphatic heterocycles. The summed E-state index contributed by atoms with van der Waals surface area (Å²) in [6.45, 7) is 11.8. The zero-order chi connectivity index (χ0) is 31.9. The number of carbonyl (C=O) groups is 2. The molecule has 0 aromatic carbocycles. The summed E-state index contributed by atoms with van der Waals surface area (Å²) in [6.07, 6.45) is 0.800. The number of aromatic nitrogens is 4. The predicted molar refractivity (Wildman–Crippen MR) is 160 cm³/mol. The van der Waals surface area contributed by atoms with Crippen LogP contribution in [0.15, 0.2) is 6.33 Å². The topological polar surface area (TPSA) is 199 Å². The molecule has 242 valence electrons. The van der Waals surface area contributed by atoms with Gasteiger partial charge in [0.2, 0.25) is 11.8 Å². The summed E-state index contributed by atoms with van der Waals surface area (Å²) in [7, 11) is -4.07. The number of hydrogen-bond acceptors (Lipinski definition) is 14. The number of fused-ring (bicyclic) bond motifs is 1. The summed E-state index contributed by atoms with van der Waals surface area (Å²) in [5.41, 5.74) is 5.89. The summed E-state index contributed by atoms with van der Waals surface area (Å²) < 4.78 is 43.9. The van der Waals surface area contributed by atoms with Crippen molar-refractivity contribution in [2.24, 2.45) is 11.3 Å². The van der Waals surface area contributed by atoms with Crippen molar-refractivity contribution in [3.63, 3.8) is 0 Å².